The molecule has 6 heterocycles. The average molecular weight is 1260 g/mol. The number of benzene rings is 1. The molecule has 1 aromatic rings. The first kappa shape index (κ1) is 68.6. The van der Waals surface area contributed by atoms with Gasteiger partial charge in [-0.2, -0.15) is 0 Å². The lowest BCUT2D eigenvalue weighted by molar-refractivity contribution is -0.344. The molecule has 5 bridgehead atoms. The number of carbonyl (C=O) groups excluding carboxylic acids is 7. The molecular formula is C64H90Cl3N5O14. The summed E-state index contributed by atoms with van der Waals surface area (Å²) in [6.07, 6.45) is 13.6. The van der Waals surface area contributed by atoms with Crippen molar-refractivity contribution in [2.75, 3.05) is 6.54 Å². The number of cyclic esters (lactones) is 1. The predicted molar refractivity (Wildman–Crippen MR) is 325 cm³/mol. The Morgan fingerprint density at radius 3 is 2.40 bits per heavy atom. The number of hydrazine groups is 1. The van der Waals surface area contributed by atoms with Gasteiger partial charge in [0.15, 0.2) is 5.79 Å². The zero-order chi connectivity index (χ0) is 63.0. The normalized spacial score (nSPS) is 35.7. The van der Waals surface area contributed by atoms with Crippen molar-refractivity contribution in [3.05, 3.63) is 77.9 Å². The third-order valence-electron chi connectivity index (χ3n) is 18.4. The number of aliphatic hydroxyl groups is 1. The van der Waals surface area contributed by atoms with Crippen molar-refractivity contribution in [3.8, 4) is 5.75 Å². The minimum atomic E-state index is -2.35. The number of alkyl halides is 3. The fourth-order valence-corrected chi connectivity index (χ4v) is 13.1. The van der Waals surface area contributed by atoms with Gasteiger partial charge in [-0.05, 0) is 93.9 Å². The second kappa shape index (κ2) is 29.6. The molecule has 0 saturated carbocycles. The molecule has 4 amide bonds. The number of piperidine rings is 1. The summed E-state index contributed by atoms with van der Waals surface area (Å²) in [5, 5.41) is 22.1. The second-order valence-electron chi connectivity index (χ2n) is 25.2. The summed E-state index contributed by atoms with van der Waals surface area (Å²) < 4.78 is 35.1. The third-order valence-corrected chi connectivity index (χ3v) is 18.9. The van der Waals surface area contributed by atoms with E-state index in [-0.39, 0.29) is 73.0 Å². The van der Waals surface area contributed by atoms with Crippen molar-refractivity contribution in [3.63, 3.8) is 0 Å². The largest absolute Gasteiger partial charge is 0.459 e. The molecule has 5 saturated heterocycles. The van der Waals surface area contributed by atoms with Crippen LogP contribution in [0.5, 0.6) is 5.75 Å². The van der Waals surface area contributed by atoms with Gasteiger partial charge in [-0.3, -0.25) is 33.8 Å². The van der Waals surface area contributed by atoms with E-state index >= 15 is 0 Å². The number of esters is 3. The number of amides is 4. The summed E-state index contributed by atoms with van der Waals surface area (Å²) >= 11 is 18.1. The molecule has 6 aliphatic heterocycles. The van der Waals surface area contributed by atoms with E-state index in [1.807, 2.05) is 112 Å². The Morgan fingerprint density at radius 1 is 0.953 bits per heavy atom. The van der Waals surface area contributed by atoms with Gasteiger partial charge in [-0.25, -0.2) is 10.2 Å². The lowest BCUT2D eigenvalue weighted by Gasteiger charge is -2.56. The first-order chi connectivity index (χ1) is 40.5. The first-order valence-corrected chi connectivity index (χ1v) is 31.8. The van der Waals surface area contributed by atoms with Crippen LogP contribution in [0.15, 0.2) is 72.4 Å². The van der Waals surface area contributed by atoms with Gasteiger partial charge in [0.25, 0.3) is 9.70 Å². The number of nitrogens with zero attached hydrogens (tertiary/aromatic N) is 1. The molecular weight excluding hydrogens is 1170 g/mol. The lowest BCUT2D eigenvalue weighted by atomic mass is 9.69. The lowest BCUT2D eigenvalue weighted by Crippen LogP contribution is -2.71. The summed E-state index contributed by atoms with van der Waals surface area (Å²) in [5.41, 5.74) is 3.26. The maximum absolute atomic E-state index is 14.8. The number of hydrogen-bond acceptors (Lipinski definition) is 15. The minimum Gasteiger partial charge on any atom is -0.459 e. The van der Waals surface area contributed by atoms with Gasteiger partial charge in [-0.1, -0.05) is 145 Å². The number of rotatable bonds is 14. The number of hydrogen-bond donors (Lipinski definition) is 5. The van der Waals surface area contributed by atoms with Gasteiger partial charge < -0.3 is 49.5 Å². The van der Waals surface area contributed by atoms with E-state index in [1.165, 1.54) is 11.9 Å². The summed E-state index contributed by atoms with van der Waals surface area (Å²) in [4.78, 5) is 96.4. The molecule has 1 aromatic carbocycles. The number of aliphatic hydroxyl groups excluding tert-OH is 1. The summed E-state index contributed by atoms with van der Waals surface area (Å²) in [5.74, 6) is -7.09. The number of ether oxygens (including phenoxy) is 6. The summed E-state index contributed by atoms with van der Waals surface area (Å²) in [7, 11) is 0. The predicted octanol–water partition coefficient (Wildman–Crippen LogP) is 8.75. The molecule has 0 unspecified atom stereocenters. The monoisotopic (exact) mass is 1260 g/mol. The Balaban J connectivity index is 1.12. The zero-order valence-corrected chi connectivity index (χ0v) is 53.8. The highest BCUT2D eigenvalue weighted by molar-refractivity contribution is 6.75. The van der Waals surface area contributed by atoms with Crippen LogP contribution in [-0.2, 0) is 63.7 Å². The maximum Gasteiger partial charge on any atom is 0.358 e. The van der Waals surface area contributed by atoms with Crippen molar-refractivity contribution >= 4 is 76.3 Å². The van der Waals surface area contributed by atoms with E-state index in [1.54, 1.807) is 24.3 Å². The fraction of sp³-hybridized carbons (Fsp3) is 0.672. The minimum absolute atomic E-state index is 0.0224. The number of allylic oxidation sites excluding steroid dienone is 5. The average Bonchev–Trinajstić information content (AvgIpc) is 0.797. The Kier molecular flexibility index (Phi) is 23.6. The van der Waals surface area contributed by atoms with Gasteiger partial charge in [0.2, 0.25) is 17.7 Å². The number of halogens is 3. The van der Waals surface area contributed by atoms with Crippen molar-refractivity contribution < 1.29 is 67.1 Å². The first-order valence-electron chi connectivity index (χ1n) is 30.7. The molecule has 19 nitrogen and oxygen atoms in total. The standard InChI is InChI=1S/C64H90Cl3N5O14/c1-12-44-31-38(6)63(70-56(44)75)41(9)54(74)39(7)52(85-63)34-51(83-61(80)64(65,66)67)37(5)22-16-13-15-21-36(4)49-26-17-14-18-27-50-40(8)55-46(28-29-62(11,84-50)86-55)57(76)69-53(35(2)3)58(77)68-48(33-43-23-19-24-45(32-43)81-42(10)73)59(78)72-30-20-25-47(71-72)60(79)82-49/h13-15,17-19,21,23-24,27,32,35,37-41,44,46-55,71,74H,12,16,20,22,25-26,28-31,33-34H2,1-11H3,(H,68,77)(H,69,76)(H,70,75)/b15-13+,17-14+,27-18-,36-21+/t37-,38-,39-,40-,41-,44-,46+,47-,48-,49-,50-,51-,52-,53-,54-,55+,62+,63+/m0/s1. The van der Waals surface area contributed by atoms with Gasteiger partial charge in [0, 0.05) is 68.7 Å². The highest BCUT2D eigenvalue weighted by Crippen LogP contribution is 2.47. The van der Waals surface area contributed by atoms with Gasteiger partial charge in [0.05, 0.1) is 30.3 Å². The van der Waals surface area contributed by atoms with Crippen molar-refractivity contribution in [1.82, 2.24) is 26.4 Å². The zero-order valence-electron chi connectivity index (χ0n) is 51.5. The quantitative estimate of drug-likeness (QED) is 0.0506. The van der Waals surface area contributed by atoms with Crippen LogP contribution in [0.3, 0.4) is 0 Å². The molecule has 5 fully saturated rings. The molecule has 0 radical (unpaired) electrons. The summed E-state index contributed by atoms with van der Waals surface area (Å²) in [6, 6.07) is 3.49. The maximum atomic E-state index is 14.8. The van der Waals surface area contributed by atoms with Crippen LogP contribution in [-0.4, -0.2) is 128 Å². The summed E-state index contributed by atoms with van der Waals surface area (Å²) in [6.45, 7) is 20.5. The van der Waals surface area contributed by atoms with Crippen LogP contribution in [0, 0.1) is 47.3 Å². The molecule has 5 N–H and O–H groups in total. The highest BCUT2D eigenvalue weighted by atomic mass is 35.6. The Bertz CT molecular complexity index is 2740. The topological polar surface area (TPSA) is 246 Å². The van der Waals surface area contributed by atoms with E-state index < -0.39 is 118 Å². The highest BCUT2D eigenvalue weighted by Gasteiger charge is 2.58. The van der Waals surface area contributed by atoms with Crippen LogP contribution >= 0.6 is 34.8 Å². The fourth-order valence-electron chi connectivity index (χ4n) is 13.0. The number of carbonyl (C=O) groups is 7. The SMILES string of the molecule is CC[C@H]1C[C@H](C)[C@@]2(NC1=O)O[C@@H](C[C@H](OC(=O)C(Cl)(Cl)Cl)[C@@H](C)CC/C=C/C=C(\C)[C@@H]1C/C=C/C=C\[C@@H]3O[C@@]4(C)CC[C@@H](C(=O)N[C@@H](C(C)C)C(=O)N[C@@H](Cc5cccc(OC(C)=O)c5)C(=O)N5CCC[C@H](N5)C(=O)O1)[C@H](O4)[C@H]3C)[C@H](C)[C@H](O)[C@@H]2C. The molecule has 7 rings (SSSR count). The van der Waals surface area contributed by atoms with Crippen LogP contribution in [0.2, 0.25) is 0 Å². The molecule has 18 atom stereocenters. The van der Waals surface area contributed by atoms with E-state index in [0.29, 0.717) is 62.5 Å². The molecule has 86 heavy (non-hydrogen) atoms. The third kappa shape index (κ3) is 16.9. The molecule has 6 aliphatic rings. The number of nitrogens with one attached hydrogen (secondary N) is 4. The van der Waals surface area contributed by atoms with E-state index in [2.05, 4.69) is 21.4 Å². The van der Waals surface area contributed by atoms with Crippen molar-refractivity contribution in [2.45, 2.75) is 217 Å². The molecule has 22 heteroatoms. The van der Waals surface area contributed by atoms with Crippen molar-refractivity contribution in [2.24, 2.45) is 47.3 Å². The van der Waals surface area contributed by atoms with Crippen LogP contribution in [0.25, 0.3) is 0 Å². The van der Waals surface area contributed by atoms with E-state index in [4.69, 9.17) is 63.2 Å². The van der Waals surface area contributed by atoms with E-state index in [0.717, 1.165) is 0 Å². The van der Waals surface area contributed by atoms with Crippen LogP contribution in [0.1, 0.15) is 146 Å². The smallest absolute Gasteiger partial charge is 0.358 e. The second-order valence-corrected chi connectivity index (χ2v) is 27.5. The van der Waals surface area contributed by atoms with Crippen molar-refractivity contribution in [1.29, 1.82) is 0 Å². The van der Waals surface area contributed by atoms with E-state index in [9.17, 15) is 38.7 Å². The van der Waals surface area contributed by atoms with Gasteiger partial charge in [0.1, 0.15) is 41.8 Å². The van der Waals surface area contributed by atoms with Gasteiger partial charge >= 0.3 is 17.9 Å². The Labute approximate surface area is 521 Å². The molecule has 0 aromatic heterocycles. The van der Waals surface area contributed by atoms with Gasteiger partial charge in [-0.15, -0.1) is 0 Å². The number of fused-ring (bicyclic) bond motifs is 4. The molecule has 476 valence electrons. The Hall–Kier alpha value is -4.86. The van der Waals surface area contributed by atoms with Crippen LogP contribution < -0.4 is 26.1 Å². The van der Waals surface area contributed by atoms with Crippen LogP contribution in [0.4, 0.5) is 0 Å². The molecule has 1 spiro atoms. The molecule has 0 aliphatic carbocycles. The Morgan fingerprint density at radius 2 is 1.70 bits per heavy atom.